The zero-order chi connectivity index (χ0) is 15.1. The monoisotopic (exact) mass is 296 g/mol. The summed E-state index contributed by atoms with van der Waals surface area (Å²) in [5.41, 5.74) is 0.401. The number of hydrogen-bond donors (Lipinski definition) is 1. The molecule has 2 fully saturated rings. The average molecular weight is 296 g/mol. The molecule has 124 valence electrons. The van der Waals surface area contributed by atoms with E-state index in [2.05, 4.69) is 31.0 Å². The second-order valence-electron chi connectivity index (χ2n) is 6.81. The first-order valence-corrected chi connectivity index (χ1v) is 9.36. The molecule has 3 heteroatoms. The molecule has 2 aliphatic rings. The second-order valence-corrected chi connectivity index (χ2v) is 6.81. The largest absolute Gasteiger partial charge is 0.378 e. The molecule has 1 aliphatic heterocycles. The third kappa shape index (κ3) is 4.00. The Bertz CT molecular complexity index is 279. The minimum absolute atomic E-state index is 0.401. The smallest absolute Gasteiger partial charge is 0.0576 e. The summed E-state index contributed by atoms with van der Waals surface area (Å²) in [6, 6.07) is 0.633. The van der Waals surface area contributed by atoms with Gasteiger partial charge in [-0.1, -0.05) is 33.6 Å². The number of ether oxygens (including phenoxy) is 1. The first-order chi connectivity index (χ1) is 10.3. The molecule has 2 atom stereocenters. The molecule has 0 radical (unpaired) electrons. The Morgan fingerprint density at radius 1 is 1.14 bits per heavy atom. The highest BCUT2D eigenvalue weighted by atomic mass is 16.5. The topological polar surface area (TPSA) is 24.5 Å². The maximum atomic E-state index is 5.85. The zero-order valence-electron chi connectivity index (χ0n) is 14.5. The van der Waals surface area contributed by atoms with Gasteiger partial charge in [-0.25, -0.2) is 0 Å². The predicted molar refractivity (Wildman–Crippen MR) is 89.8 cm³/mol. The van der Waals surface area contributed by atoms with Crippen LogP contribution in [-0.4, -0.2) is 48.8 Å². The van der Waals surface area contributed by atoms with Crippen molar-refractivity contribution in [1.82, 2.24) is 10.2 Å². The number of likely N-dealkylation sites (N-methyl/N-ethyl adjacent to an activating group) is 2. The van der Waals surface area contributed by atoms with Gasteiger partial charge < -0.3 is 10.1 Å². The zero-order valence-corrected chi connectivity index (χ0v) is 14.5. The molecule has 1 aliphatic carbocycles. The highest BCUT2D eigenvalue weighted by molar-refractivity contribution is 5.03. The predicted octanol–water partition coefficient (Wildman–Crippen LogP) is 3.58. The summed E-state index contributed by atoms with van der Waals surface area (Å²) >= 11 is 0. The first kappa shape index (κ1) is 17.2. The molecule has 3 nitrogen and oxygen atoms in total. The van der Waals surface area contributed by atoms with Gasteiger partial charge in [-0.3, -0.25) is 4.90 Å². The van der Waals surface area contributed by atoms with E-state index >= 15 is 0 Å². The first-order valence-electron chi connectivity index (χ1n) is 9.36. The van der Waals surface area contributed by atoms with Gasteiger partial charge in [-0.15, -0.1) is 0 Å². The molecule has 0 aromatic heterocycles. The van der Waals surface area contributed by atoms with Crippen LogP contribution in [0.25, 0.3) is 0 Å². The summed E-state index contributed by atoms with van der Waals surface area (Å²) in [6.45, 7) is 11.3. The van der Waals surface area contributed by atoms with Crippen LogP contribution in [0.5, 0.6) is 0 Å². The molecule has 21 heavy (non-hydrogen) atoms. The Morgan fingerprint density at radius 2 is 1.86 bits per heavy atom. The van der Waals surface area contributed by atoms with E-state index in [9.17, 15) is 0 Å². The fourth-order valence-corrected chi connectivity index (χ4v) is 4.76. The molecule has 2 unspecified atom stereocenters. The van der Waals surface area contributed by atoms with Crippen molar-refractivity contribution in [3.8, 4) is 0 Å². The van der Waals surface area contributed by atoms with E-state index in [4.69, 9.17) is 4.74 Å². The van der Waals surface area contributed by atoms with E-state index in [-0.39, 0.29) is 0 Å². The lowest BCUT2D eigenvalue weighted by Crippen LogP contribution is -2.60. The molecule has 1 saturated carbocycles. The Balaban J connectivity index is 2.04. The lowest BCUT2D eigenvalue weighted by Gasteiger charge is -2.47. The highest BCUT2D eigenvalue weighted by Gasteiger charge is 2.44. The SMILES string of the molecule is CCNC(CCC1CCCO1)C1(N(CC)CC)CCCC1. The highest BCUT2D eigenvalue weighted by Crippen LogP contribution is 2.40. The summed E-state index contributed by atoms with van der Waals surface area (Å²) in [7, 11) is 0. The van der Waals surface area contributed by atoms with Gasteiger partial charge in [0.25, 0.3) is 0 Å². The third-order valence-corrected chi connectivity index (χ3v) is 5.76. The molecular formula is C18H36N2O. The summed E-state index contributed by atoms with van der Waals surface area (Å²) in [6.07, 6.45) is 11.1. The van der Waals surface area contributed by atoms with Crippen molar-refractivity contribution in [2.24, 2.45) is 0 Å². The van der Waals surface area contributed by atoms with Crippen molar-refractivity contribution in [2.45, 2.75) is 89.8 Å². The summed E-state index contributed by atoms with van der Waals surface area (Å²) in [5.74, 6) is 0. The molecule has 2 rings (SSSR count). The lowest BCUT2D eigenvalue weighted by molar-refractivity contribution is 0.0469. The van der Waals surface area contributed by atoms with Crippen molar-refractivity contribution in [3.05, 3.63) is 0 Å². The van der Waals surface area contributed by atoms with Gasteiger partial charge in [-0.05, 0) is 58.2 Å². The minimum Gasteiger partial charge on any atom is -0.378 e. The number of hydrogen-bond acceptors (Lipinski definition) is 3. The third-order valence-electron chi connectivity index (χ3n) is 5.76. The van der Waals surface area contributed by atoms with E-state index in [1.807, 2.05) is 0 Å². The average Bonchev–Trinajstić information content (AvgIpc) is 3.17. The number of nitrogens with zero attached hydrogens (tertiary/aromatic N) is 1. The van der Waals surface area contributed by atoms with Crippen LogP contribution in [0.4, 0.5) is 0 Å². The summed E-state index contributed by atoms with van der Waals surface area (Å²) < 4.78 is 5.85. The fourth-order valence-electron chi connectivity index (χ4n) is 4.76. The fraction of sp³-hybridized carbons (Fsp3) is 1.00. The minimum atomic E-state index is 0.401. The van der Waals surface area contributed by atoms with Crippen molar-refractivity contribution in [2.75, 3.05) is 26.2 Å². The maximum Gasteiger partial charge on any atom is 0.0576 e. The number of rotatable bonds is 9. The van der Waals surface area contributed by atoms with Crippen LogP contribution in [0.2, 0.25) is 0 Å². The lowest BCUT2D eigenvalue weighted by atomic mass is 9.82. The van der Waals surface area contributed by atoms with Crippen LogP contribution in [0.1, 0.15) is 72.1 Å². The second kappa shape index (κ2) is 8.50. The van der Waals surface area contributed by atoms with E-state index in [1.54, 1.807) is 0 Å². The van der Waals surface area contributed by atoms with Gasteiger partial charge in [0.2, 0.25) is 0 Å². The van der Waals surface area contributed by atoms with Crippen molar-refractivity contribution < 1.29 is 4.74 Å². The van der Waals surface area contributed by atoms with Gasteiger partial charge in [0.15, 0.2) is 0 Å². The van der Waals surface area contributed by atoms with Crippen LogP contribution in [-0.2, 0) is 4.74 Å². The molecule has 0 aromatic carbocycles. The molecule has 0 bridgehead atoms. The van der Waals surface area contributed by atoms with E-state index in [1.165, 1.54) is 64.5 Å². The number of nitrogens with one attached hydrogen (secondary N) is 1. The van der Waals surface area contributed by atoms with Gasteiger partial charge in [0.1, 0.15) is 0 Å². The standard InChI is InChI=1S/C18H36N2O/c1-4-19-17(12-11-16-10-9-15-21-16)18(13-7-8-14-18)20(5-2)6-3/h16-17,19H,4-15H2,1-3H3. The van der Waals surface area contributed by atoms with Crippen LogP contribution in [0.15, 0.2) is 0 Å². The summed E-state index contributed by atoms with van der Waals surface area (Å²) in [5, 5.41) is 3.84. The van der Waals surface area contributed by atoms with Crippen molar-refractivity contribution >= 4 is 0 Å². The summed E-state index contributed by atoms with van der Waals surface area (Å²) in [4.78, 5) is 2.74. The van der Waals surface area contributed by atoms with Crippen molar-refractivity contribution in [3.63, 3.8) is 0 Å². The maximum absolute atomic E-state index is 5.85. The van der Waals surface area contributed by atoms with Crippen LogP contribution < -0.4 is 5.32 Å². The molecule has 1 heterocycles. The van der Waals surface area contributed by atoms with Crippen LogP contribution >= 0.6 is 0 Å². The van der Waals surface area contributed by atoms with Crippen LogP contribution in [0, 0.1) is 0 Å². The van der Waals surface area contributed by atoms with Gasteiger partial charge in [-0.2, -0.15) is 0 Å². The Kier molecular flexibility index (Phi) is 6.97. The van der Waals surface area contributed by atoms with Gasteiger partial charge in [0, 0.05) is 18.2 Å². The van der Waals surface area contributed by atoms with Crippen LogP contribution in [0.3, 0.4) is 0 Å². The van der Waals surface area contributed by atoms with E-state index < -0.39 is 0 Å². The van der Waals surface area contributed by atoms with Gasteiger partial charge in [0.05, 0.1) is 6.10 Å². The van der Waals surface area contributed by atoms with E-state index in [0.29, 0.717) is 17.7 Å². The normalized spacial score (nSPS) is 26.6. The quantitative estimate of drug-likeness (QED) is 0.704. The molecule has 0 amide bonds. The molecular weight excluding hydrogens is 260 g/mol. The molecule has 1 saturated heterocycles. The Morgan fingerprint density at radius 3 is 2.38 bits per heavy atom. The van der Waals surface area contributed by atoms with E-state index in [0.717, 1.165) is 13.2 Å². The van der Waals surface area contributed by atoms with Crippen molar-refractivity contribution in [1.29, 1.82) is 0 Å². The molecule has 0 aromatic rings. The molecule has 1 N–H and O–H groups in total. The Labute approximate surface area is 131 Å². The molecule has 0 spiro atoms. The Hall–Kier alpha value is -0.120. The van der Waals surface area contributed by atoms with Gasteiger partial charge >= 0.3 is 0 Å².